The number of thiophene rings is 1. The van der Waals surface area contributed by atoms with Gasteiger partial charge in [0.1, 0.15) is 5.69 Å². The molecule has 3 aromatic rings. The number of H-pyrrole nitrogens is 1. The maximum atomic E-state index is 12.3. The number of rotatable bonds is 11. The molecular formula is C27H35F3N4O6S2. The number of carbonyl (C=O) groups is 2. The Bertz CT molecular complexity index is 1480. The molecule has 0 spiro atoms. The van der Waals surface area contributed by atoms with E-state index in [9.17, 15) is 26.4 Å². The quantitative estimate of drug-likeness (QED) is 0.230. The first-order chi connectivity index (χ1) is 19.8. The summed E-state index contributed by atoms with van der Waals surface area (Å²) < 4.78 is 63.0. The number of halogens is 3. The molecule has 1 fully saturated rings. The van der Waals surface area contributed by atoms with Gasteiger partial charge >= 0.3 is 12.1 Å². The number of amides is 1. The van der Waals surface area contributed by atoms with E-state index in [0.29, 0.717) is 31.6 Å². The van der Waals surface area contributed by atoms with Gasteiger partial charge in [0.15, 0.2) is 0 Å². The van der Waals surface area contributed by atoms with Gasteiger partial charge in [-0.2, -0.15) is 13.2 Å². The minimum absolute atomic E-state index is 0.0694. The molecule has 1 aliphatic heterocycles. The van der Waals surface area contributed by atoms with Crippen LogP contribution in [-0.4, -0.2) is 80.0 Å². The molecule has 0 bridgehead atoms. The molecule has 1 aliphatic rings. The number of hydrogen-bond acceptors (Lipinski definition) is 7. The number of hydrogen-bond donors (Lipinski definition) is 4. The van der Waals surface area contributed by atoms with Crippen LogP contribution in [0.1, 0.15) is 53.7 Å². The Morgan fingerprint density at radius 2 is 1.90 bits per heavy atom. The fraction of sp³-hybridized carbons (Fsp3) is 0.481. The number of aliphatic carboxylic acids is 1. The third-order valence-electron chi connectivity index (χ3n) is 6.92. The van der Waals surface area contributed by atoms with Crippen molar-refractivity contribution in [2.45, 2.75) is 44.8 Å². The highest BCUT2D eigenvalue weighted by Crippen LogP contribution is 2.39. The monoisotopic (exact) mass is 632 g/mol. The number of ether oxygens (including phenoxy) is 1. The number of sulfonamides is 1. The van der Waals surface area contributed by atoms with Crippen molar-refractivity contribution in [3.05, 3.63) is 46.5 Å². The second kappa shape index (κ2) is 14.5. The lowest BCUT2D eigenvalue weighted by Crippen LogP contribution is -2.39. The number of benzene rings is 1. The van der Waals surface area contributed by atoms with Gasteiger partial charge < -0.3 is 25.9 Å². The SMILES string of the molecule is CCS(=O)(=O)N1CCC(c2c(C(N)=O)[nH]c3ccc(-c4cc(CNCCCOC)cs4)cc23)CC1.O=C(O)C(F)(F)F. The number of aromatic nitrogens is 1. The summed E-state index contributed by atoms with van der Waals surface area (Å²) >= 11 is 1.70. The van der Waals surface area contributed by atoms with Gasteiger partial charge in [0, 0.05) is 49.1 Å². The van der Waals surface area contributed by atoms with Gasteiger partial charge in [-0.1, -0.05) is 6.07 Å². The predicted octanol–water partition coefficient (Wildman–Crippen LogP) is 4.28. The minimum Gasteiger partial charge on any atom is -0.475 e. The topological polar surface area (TPSA) is 155 Å². The summed E-state index contributed by atoms with van der Waals surface area (Å²) in [7, 11) is -1.50. The molecule has 42 heavy (non-hydrogen) atoms. The molecule has 2 aromatic heterocycles. The number of piperidine rings is 1. The van der Waals surface area contributed by atoms with Crippen LogP contribution in [0.15, 0.2) is 29.6 Å². The molecule has 3 heterocycles. The molecule has 0 radical (unpaired) electrons. The van der Waals surface area contributed by atoms with Crippen LogP contribution in [0, 0.1) is 0 Å². The zero-order valence-electron chi connectivity index (χ0n) is 23.3. The van der Waals surface area contributed by atoms with E-state index >= 15 is 0 Å². The predicted molar refractivity (Wildman–Crippen MR) is 155 cm³/mol. The van der Waals surface area contributed by atoms with Gasteiger partial charge in [0.25, 0.3) is 5.91 Å². The molecule has 1 saturated heterocycles. The number of carbonyl (C=O) groups excluding carboxylic acids is 1. The highest BCUT2D eigenvalue weighted by Gasteiger charge is 2.38. The normalized spacial score (nSPS) is 15.0. The Balaban J connectivity index is 0.000000616. The molecule has 1 aromatic carbocycles. The van der Waals surface area contributed by atoms with Crippen molar-refractivity contribution in [2.24, 2.45) is 5.73 Å². The van der Waals surface area contributed by atoms with Crippen molar-refractivity contribution < 1.29 is 41.0 Å². The van der Waals surface area contributed by atoms with Crippen molar-refractivity contribution >= 4 is 44.1 Å². The van der Waals surface area contributed by atoms with Crippen LogP contribution >= 0.6 is 11.3 Å². The number of nitrogens with zero attached hydrogens (tertiary/aromatic N) is 1. The van der Waals surface area contributed by atoms with Crippen LogP contribution < -0.4 is 11.1 Å². The smallest absolute Gasteiger partial charge is 0.475 e. The molecule has 0 unspecified atom stereocenters. The van der Waals surface area contributed by atoms with Crippen molar-refractivity contribution in [1.82, 2.24) is 14.6 Å². The number of fused-ring (bicyclic) bond motifs is 1. The van der Waals surface area contributed by atoms with Gasteiger partial charge in [-0.15, -0.1) is 11.3 Å². The van der Waals surface area contributed by atoms with Crippen LogP contribution in [0.2, 0.25) is 0 Å². The number of aromatic amines is 1. The molecule has 0 aliphatic carbocycles. The number of nitrogens with one attached hydrogen (secondary N) is 2. The molecule has 1 amide bonds. The highest BCUT2D eigenvalue weighted by atomic mass is 32.2. The summed E-state index contributed by atoms with van der Waals surface area (Å²) in [5, 5.41) is 13.7. The fourth-order valence-corrected chi connectivity index (χ4v) is 6.83. The molecule has 10 nitrogen and oxygen atoms in total. The van der Waals surface area contributed by atoms with Crippen LogP contribution in [0.25, 0.3) is 21.3 Å². The Morgan fingerprint density at radius 1 is 1.24 bits per heavy atom. The van der Waals surface area contributed by atoms with Gasteiger partial charge in [0.05, 0.1) is 5.75 Å². The lowest BCUT2D eigenvalue weighted by atomic mass is 9.87. The summed E-state index contributed by atoms with van der Waals surface area (Å²) in [6, 6.07) is 8.39. The van der Waals surface area contributed by atoms with Gasteiger partial charge in [-0.05, 0) is 78.9 Å². The van der Waals surface area contributed by atoms with E-state index in [1.807, 2.05) is 6.07 Å². The average molecular weight is 633 g/mol. The number of carboxylic acid groups (broad SMARTS) is 1. The first-order valence-corrected chi connectivity index (χ1v) is 15.8. The van der Waals surface area contributed by atoms with E-state index in [-0.39, 0.29) is 11.7 Å². The zero-order valence-corrected chi connectivity index (χ0v) is 24.9. The molecular weight excluding hydrogens is 597 g/mol. The van der Waals surface area contributed by atoms with Crippen LogP contribution in [0.4, 0.5) is 13.2 Å². The molecule has 5 N–H and O–H groups in total. The van der Waals surface area contributed by atoms with E-state index in [4.69, 9.17) is 20.4 Å². The van der Waals surface area contributed by atoms with Crippen LogP contribution in [0.3, 0.4) is 0 Å². The van der Waals surface area contributed by atoms with E-state index < -0.39 is 28.1 Å². The molecule has 0 saturated carbocycles. The van der Waals surface area contributed by atoms with Crippen LogP contribution in [-0.2, 0) is 26.1 Å². The largest absolute Gasteiger partial charge is 0.490 e. The summed E-state index contributed by atoms with van der Waals surface area (Å²) in [6.07, 6.45) is -2.78. The van der Waals surface area contributed by atoms with Crippen molar-refractivity contribution in [3.63, 3.8) is 0 Å². The Labute approximate surface area is 246 Å². The number of methoxy groups -OCH3 is 1. The third kappa shape index (κ3) is 8.53. The number of primary amides is 1. The summed E-state index contributed by atoms with van der Waals surface area (Å²) in [5.41, 5.74) is 10.3. The molecule has 4 rings (SSSR count). The highest BCUT2D eigenvalue weighted by molar-refractivity contribution is 7.89. The maximum absolute atomic E-state index is 12.3. The minimum atomic E-state index is -5.08. The summed E-state index contributed by atoms with van der Waals surface area (Å²) in [4.78, 5) is 25.6. The zero-order chi connectivity index (χ0) is 31.1. The van der Waals surface area contributed by atoms with Gasteiger partial charge in [0.2, 0.25) is 10.0 Å². The lowest BCUT2D eigenvalue weighted by molar-refractivity contribution is -0.192. The molecule has 0 atom stereocenters. The fourth-order valence-electron chi connectivity index (χ4n) is 4.78. The van der Waals surface area contributed by atoms with E-state index in [1.165, 1.54) is 5.56 Å². The van der Waals surface area contributed by atoms with Crippen LogP contribution in [0.5, 0.6) is 0 Å². The second-order valence-corrected chi connectivity index (χ2v) is 12.9. The summed E-state index contributed by atoms with van der Waals surface area (Å²) in [5.74, 6) is -3.07. The Morgan fingerprint density at radius 3 is 2.48 bits per heavy atom. The average Bonchev–Trinajstić information content (AvgIpc) is 3.57. The van der Waals surface area contributed by atoms with Gasteiger partial charge in [-0.25, -0.2) is 17.5 Å². The van der Waals surface area contributed by atoms with E-state index in [2.05, 4.69) is 33.9 Å². The second-order valence-electron chi connectivity index (χ2n) is 9.76. The lowest BCUT2D eigenvalue weighted by Gasteiger charge is -2.31. The van der Waals surface area contributed by atoms with Crippen molar-refractivity contribution in [3.8, 4) is 10.4 Å². The summed E-state index contributed by atoms with van der Waals surface area (Å²) in [6.45, 7) is 5.05. The third-order valence-corrected chi connectivity index (χ3v) is 9.83. The van der Waals surface area contributed by atoms with E-state index in [1.54, 1.807) is 29.7 Å². The molecule has 232 valence electrons. The number of nitrogens with two attached hydrogens (primary N) is 1. The first-order valence-electron chi connectivity index (χ1n) is 13.3. The first kappa shape index (κ1) is 33.5. The van der Waals surface area contributed by atoms with E-state index in [0.717, 1.165) is 53.0 Å². The standard InChI is InChI=1S/C25H34N4O4S2.C2HF3O2/c1-3-35(31,32)29-10-7-18(8-11-29)23-20-14-19(5-6-21(20)28-24(23)25(26)30)22-13-17(16-34-22)15-27-9-4-12-33-2;3-2(4,5)1(6)7/h5-6,13-14,16,18,27-28H,3-4,7-12,15H2,1-2H3,(H2,26,30);(H,6,7). The Hall–Kier alpha value is -2.98. The molecule has 15 heteroatoms. The maximum Gasteiger partial charge on any atom is 0.490 e. The number of carboxylic acids is 1. The number of alkyl halides is 3. The Kier molecular flexibility index (Phi) is 11.5. The van der Waals surface area contributed by atoms with Crippen molar-refractivity contribution in [1.29, 1.82) is 0 Å². The van der Waals surface area contributed by atoms with Gasteiger partial charge in [-0.3, -0.25) is 4.79 Å². The van der Waals surface area contributed by atoms with Crippen molar-refractivity contribution in [2.75, 3.05) is 39.1 Å².